The third-order valence-corrected chi connectivity index (χ3v) is 4.20. The fourth-order valence-corrected chi connectivity index (χ4v) is 2.72. The monoisotopic (exact) mass is 326 g/mol. The summed E-state index contributed by atoms with van der Waals surface area (Å²) in [5.41, 5.74) is 1.37. The Balaban J connectivity index is 0.00000242. The zero-order valence-electron chi connectivity index (χ0n) is 13.5. The van der Waals surface area contributed by atoms with Crippen molar-refractivity contribution in [2.24, 2.45) is 5.41 Å². The van der Waals surface area contributed by atoms with Gasteiger partial charge in [-0.15, -0.1) is 12.4 Å². The van der Waals surface area contributed by atoms with Crippen molar-refractivity contribution < 1.29 is 9.53 Å². The summed E-state index contributed by atoms with van der Waals surface area (Å²) >= 11 is 0. The van der Waals surface area contributed by atoms with Gasteiger partial charge in [-0.25, -0.2) is 0 Å². The van der Waals surface area contributed by atoms with Crippen molar-refractivity contribution in [1.82, 2.24) is 10.6 Å². The molecule has 0 aliphatic carbocycles. The van der Waals surface area contributed by atoms with E-state index in [1.165, 1.54) is 12.8 Å². The van der Waals surface area contributed by atoms with Crippen LogP contribution < -0.4 is 15.4 Å². The Kier molecular flexibility index (Phi) is 7.69. The molecule has 0 bridgehead atoms. The molecule has 0 spiro atoms. The number of carbonyl (C=O) groups is 1. The molecule has 1 amide bonds. The van der Waals surface area contributed by atoms with Crippen LogP contribution in [0.2, 0.25) is 0 Å². The van der Waals surface area contributed by atoms with E-state index in [1.807, 2.05) is 24.3 Å². The average molecular weight is 327 g/mol. The van der Waals surface area contributed by atoms with Crippen LogP contribution in [0, 0.1) is 5.41 Å². The number of halogens is 1. The number of ether oxygens (including phenoxy) is 1. The molecule has 1 heterocycles. The Morgan fingerprint density at radius 1 is 1.36 bits per heavy atom. The van der Waals surface area contributed by atoms with E-state index in [0.29, 0.717) is 6.42 Å². The maximum atomic E-state index is 12.0. The van der Waals surface area contributed by atoms with E-state index < -0.39 is 0 Å². The standard InChI is InChI=1S/C17H26N2O2.ClH/c1-17(10-3-11-18-12-17)13-19-16(20)9-6-14-4-7-15(21-2)8-5-14;/h4-5,7-8,18H,3,6,9-13H2,1-2H3,(H,19,20);1H. The summed E-state index contributed by atoms with van der Waals surface area (Å²) in [6.45, 7) is 5.09. The van der Waals surface area contributed by atoms with Crippen molar-refractivity contribution in [2.45, 2.75) is 32.6 Å². The first kappa shape index (κ1) is 18.8. The number of piperidine rings is 1. The molecule has 0 aromatic heterocycles. The van der Waals surface area contributed by atoms with Gasteiger partial charge in [0.15, 0.2) is 0 Å². The van der Waals surface area contributed by atoms with Crippen LogP contribution in [0.4, 0.5) is 0 Å². The number of hydrogen-bond acceptors (Lipinski definition) is 3. The van der Waals surface area contributed by atoms with Crippen LogP contribution in [0.15, 0.2) is 24.3 Å². The lowest BCUT2D eigenvalue weighted by molar-refractivity contribution is -0.121. The molecule has 2 rings (SSSR count). The molecule has 22 heavy (non-hydrogen) atoms. The molecule has 2 N–H and O–H groups in total. The van der Waals surface area contributed by atoms with E-state index in [4.69, 9.17) is 4.74 Å². The largest absolute Gasteiger partial charge is 0.497 e. The molecule has 1 fully saturated rings. The summed E-state index contributed by atoms with van der Waals surface area (Å²) in [6, 6.07) is 7.89. The number of nitrogens with one attached hydrogen (secondary N) is 2. The van der Waals surface area contributed by atoms with Crippen molar-refractivity contribution in [3.05, 3.63) is 29.8 Å². The molecule has 1 aromatic rings. The van der Waals surface area contributed by atoms with E-state index in [1.54, 1.807) is 7.11 Å². The van der Waals surface area contributed by atoms with Crippen LogP contribution in [0.25, 0.3) is 0 Å². The first-order valence-corrected chi connectivity index (χ1v) is 7.72. The van der Waals surface area contributed by atoms with Crippen molar-refractivity contribution in [3.63, 3.8) is 0 Å². The van der Waals surface area contributed by atoms with Gasteiger partial charge in [0.2, 0.25) is 5.91 Å². The van der Waals surface area contributed by atoms with Gasteiger partial charge < -0.3 is 15.4 Å². The third-order valence-electron chi connectivity index (χ3n) is 4.20. The van der Waals surface area contributed by atoms with Crippen LogP contribution in [-0.4, -0.2) is 32.7 Å². The van der Waals surface area contributed by atoms with E-state index >= 15 is 0 Å². The van der Waals surface area contributed by atoms with Crippen molar-refractivity contribution in [3.8, 4) is 5.75 Å². The Morgan fingerprint density at radius 3 is 2.68 bits per heavy atom. The number of amides is 1. The van der Waals surface area contributed by atoms with E-state index in [2.05, 4.69) is 17.6 Å². The number of rotatable bonds is 6. The maximum Gasteiger partial charge on any atom is 0.220 e. The second-order valence-electron chi connectivity index (χ2n) is 6.22. The maximum absolute atomic E-state index is 12.0. The highest BCUT2D eigenvalue weighted by Gasteiger charge is 2.26. The molecule has 1 aromatic carbocycles. The number of hydrogen-bond donors (Lipinski definition) is 2. The SMILES string of the molecule is COc1ccc(CCC(=O)NCC2(C)CCCNC2)cc1.Cl. The number of carbonyl (C=O) groups excluding carboxylic acids is 1. The van der Waals surface area contributed by atoms with Gasteiger partial charge in [0.1, 0.15) is 5.75 Å². The Bertz CT molecular complexity index is 456. The van der Waals surface area contributed by atoms with Gasteiger partial charge in [0.25, 0.3) is 0 Å². The Morgan fingerprint density at radius 2 is 2.09 bits per heavy atom. The lowest BCUT2D eigenvalue weighted by Gasteiger charge is -2.34. The first-order chi connectivity index (χ1) is 10.1. The molecule has 124 valence electrons. The van der Waals surface area contributed by atoms with Crippen molar-refractivity contribution in [2.75, 3.05) is 26.7 Å². The highest BCUT2D eigenvalue weighted by Crippen LogP contribution is 2.24. The van der Waals surface area contributed by atoms with Gasteiger partial charge in [0, 0.05) is 19.5 Å². The normalized spacial score (nSPS) is 20.8. The summed E-state index contributed by atoms with van der Waals surface area (Å²) < 4.78 is 5.13. The van der Waals surface area contributed by atoms with Crippen LogP contribution >= 0.6 is 12.4 Å². The Hall–Kier alpha value is -1.26. The second-order valence-corrected chi connectivity index (χ2v) is 6.22. The number of aryl methyl sites for hydroxylation is 1. The van der Waals surface area contributed by atoms with Crippen LogP contribution in [0.3, 0.4) is 0 Å². The van der Waals surface area contributed by atoms with E-state index in [0.717, 1.165) is 37.4 Å². The highest BCUT2D eigenvalue weighted by atomic mass is 35.5. The molecular weight excluding hydrogens is 300 g/mol. The van der Waals surface area contributed by atoms with Crippen molar-refractivity contribution in [1.29, 1.82) is 0 Å². The fraction of sp³-hybridized carbons (Fsp3) is 0.588. The van der Waals surface area contributed by atoms with Gasteiger partial charge in [-0.05, 0) is 48.9 Å². The minimum atomic E-state index is 0. The molecule has 4 nitrogen and oxygen atoms in total. The van der Waals surface area contributed by atoms with E-state index in [9.17, 15) is 4.79 Å². The molecule has 0 saturated carbocycles. The van der Waals surface area contributed by atoms with Crippen LogP contribution in [-0.2, 0) is 11.2 Å². The Labute approximate surface area is 139 Å². The fourth-order valence-electron chi connectivity index (χ4n) is 2.72. The van der Waals surface area contributed by atoms with Crippen molar-refractivity contribution >= 4 is 18.3 Å². The molecule has 5 heteroatoms. The topological polar surface area (TPSA) is 50.4 Å². The van der Waals surface area contributed by atoms with Crippen LogP contribution in [0.5, 0.6) is 5.75 Å². The number of benzene rings is 1. The number of methoxy groups -OCH3 is 1. The predicted octanol–water partition coefficient (Wildman–Crippen LogP) is 2.56. The quantitative estimate of drug-likeness (QED) is 0.844. The first-order valence-electron chi connectivity index (χ1n) is 7.72. The summed E-state index contributed by atoms with van der Waals surface area (Å²) in [4.78, 5) is 12.0. The van der Waals surface area contributed by atoms with Gasteiger partial charge in [-0.1, -0.05) is 19.1 Å². The highest BCUT2D eigenvalue weighted by molar-refractivity contribution is 5.85. The molecule has 1 atom stereocenters. The smallest absolute Gasteiger partial charge is 0.220 e. The summed E-state index contributed by atoms with van der Waals surface area (Å²) in [5.74, 6) is 0.985. The van der Waals surface area contributed by atoms with Gasteiger partial charge in [0.05, 0.1) is 7.11 Å². The summed E-state index contributed by atoms with van der Waals surface area (Å²) in [5, 5.41) is 6.49. The zero-order chi connectivity index (χ0) is 15.1. The molecule has 0 radical (unpaired) electrons. The minimum absolute atomic E-state index is 0. The van der Waals surface area contributed by atoms with Gasteiger partial charge >= 0.3 is 0 Å². The van der Waals surface area contributed by atoms with Gasteiger partial charge in [-0.3, -0.25) is 4.79 Å². The lowest BCUT2D eigenvalue weighted by atomic mass is 9.83. The lowest BCUT2D eigenvalue weighted by Crippen LogP contribution is -2.45. The summed E-state index contributed by atoms with van der Waals surface area (Å²) in [6.07, 6.45) is 3.68. The van der Waals surface area contributed by atoms with Crippen LogP contribution in [0.1, 0.15) is 31.7 Å². The molecule has 1 saturated heterocycles. The van der Waals surface area contributed by atoms with E-state index in [-0.39, 0.29) is 23.7 Å². The zero-order valence-corrected chi connectivity index (χ0v) is 14.3. The molecular formula is C17H27ClN2O2. The second kappa shape index (κ2) is 9.01. The van der Waals surface area contributed by atoms with Gasteiger partial charge in [-0.2, -0.15) is 0 Å². The molecule has 1 unspecified atom stereocenters. The predicted molar refractivity (Wildman–Crippen MR) is 91.8 cm³/mol. The summed E-state index contributed by atoms with van der Waals surface area (Å²) in [7, 11) is 1.66. The third kappa shape index (κ3) is 5.85. The molecule has 1 aliphatic rings. The molecule has 1 aliphatic heterocycles. The average Bonchev–Trinajstić information content (AvgIpc) is 2.52. The minimum Gasteiger partial charge on any atom is -0.497 e.